The molecule has 0 aromatic carbocycles. The average molecular weight is 382 g/mol. The second kappa shape index (κ2) is 5.75. The monoisotopic (exact) mass is 381 g/mol. The van der Waals surface area contributed by atoms with Gasteiger partial charge in [-0.2, -0.15) is 0 Å². The highest BCUT2D eigenvalue weighted by Gasteiger charge is 2.40. The summed E-state index contributed by atoms with van der Waals surface area (Å²) in [5, 5.41) is 8.92. The highest BCUT2D eigenvalue weighted by molar-refractivity contribution is 9.11. The van der Waals surface area contributed by atoms with Gasteiger partial charge in [0.15, 0.2) is 0 Å². The van der Waals surface area contributed by atoms with Crippen LogP contribution in [0.2, 0.25) is 0 Å². The molecule has 1 aliphatic rings. The summed E-state index contributed by atoms with van der Waals surface area (Å²) in [7, 11) is -3.56. The normalized spacial score (nSPS) is 17.7. The van der Waals surface area contributed by atoms with Crippen LogP contribution in [-0.4, -0.2) is 26.0 Å². The first-order valence-electron chi connectivity index (χ1n) is 6.22. The van der Waals surface area contributed by atoms with Crippen molar-refractivity contribution in [1.82, 2.24) is 4.72 Å². The molecule has 0 unspecified atom stereocenters. The van der Waals surface area contributed by atoms with Crippen molar-refractivity contribution in [1.29, 1.82) is 0 Å². The molecule has 20 heavy (non-hydrogen) atoms. The highest BCUT2D eigenvalue weighted by Crippen LogP contribution is 2.43. The number of carboxylic acid groups (broad SMARTS) is 1. The summed E-state index contributed by atoms with van der Waals surface area (Å²) in [5.41, 5.74) is 0.460. The first kappa shape index (κ1) is 15.9. The zero-order valence-corrected chi connectivity index (χ0v) is 14.2. The van der Waals surface area contributed by atoms with Gasteiger partial charge >= 0.3 is 5.97 Å². The fourth-order valence-electron chi connectivity index (χ4n) is 2.30. The third-order valence-corrected chi connectivity index (χ3v) is 7.69. The smallest absolute Gasteiger partial charge is 0.303 e. The zero-order chi connectivity index (χ0) is 15.0. The SMILES string of the molecule is Cc1cc(S(=O)(=O)NCC2(CC(=O)O)CCC2)sc1Br. The maximum atomic E-state index is 12.2. The summed E-state index contributed by atoms with van der Waals surface area (Å²) < 4.78 is 28.0. The number of rotatable bonds is 6. The lowest BCUT2D eigenvalue weighted by atomic mass is 9.67. The summed E-state index contributed by atoms with van der Waals surface area (Å²) in [6.07, 6.45) is 2.49. The van der Waals surface area contributed by atoms with E-state index in [0.717, 1.165) is 39.9 Å². The lowest BCUT2D eigenvalue weighted by molar-refractivity contribution is -0.141. The van der Waals surface area contributed by atoms with Crippen LogP contribution in [0.5, 0.6) is 0 Å². The molecule has 0 bridgehead atoms. The lowest BCUT2D eigenvalue weighted by Crippen LogP contribution is -2.43. The van der Waals surface area contributed by atoms with Gasteiger partial charge in [-0.05, 0) is 52.7 Å². The van der Waals surface area contributed by atoms with Gasteiger partial charge in [0.1, 0.15) is 4.21 Å². The van der Waals surface area contributed by atoms with Crippen molar-refractivity contribution >= 4 is 43.3 Å². The average Bonchev–Trinajstić information content (AvgIpc) is 2.63. The molecule has 1 saturated carbocycles. The van der Waals surface area contributed by atoms with E-state index in [4.69, 9.17) is 5.11 Å². The number of hydrogen-bond acceptors (Lipinski definition) is 4. The Labute approximate surface area is 130 Å². The molecule has 0 radical (unpaired) electrons. The van der Waals surface area contributed by atoms with Gasteiger partial charge in [0.05, 0.1) is 10.2 Å². The van der Waals surface area contributed by atoms with Crippen LogP contribution >= 0.6 is 27.3 Å². The molecule has 2 rings (SSSR count). The summed E-state index contributed by atoms with van der Waals surface area (Å²) in [6, 6.07) is 1.61. The minimum atomic E-state index is -3.56. The minimum absolute atomic E-state index is 0.0166. The Balaban J connectivity index is 2.07. The second-order valence-electron chi connectivity index (χ2n) is 5.27. The van der Waals surface area contributed by atoms with Crippen molar-refractivity contribution in [2.24, 2.45) is 5.41 Å². The molecule has 0 saturated heterocycles. The maximum absolute atomic E-state index is 12.2. The molecule has 0 aliphatic heterocycles. The second-order valence-corrected chi connectivity index (χ2v) is 9.63. The first-order chi connectivity index (χ1) is 9.24. The molecule has 1 aromatic rings. The van der Waals surface area contributed by atoms with Gasteiger partial charge in [0.2, 0.25) is 10.0 Å². The number of thiophene rings is 1. The fourth-order valence-corrected chi connectivity index (χ4v) is 5.72. The molecule has 0 atom stereocenters. The third kappa shape index (κ3) is 3.41. The van der Waals surface area contributed by atoms with E-state index in [2.05, 4.69) is 20.7 Å². The van der Waals surface area contributed by atoms with E-state index < -0.39 is 21.4 Å². The van der Waals surface area contributed by atoms with E-state index in [9.17, 15) is 13.2 Å². The largest absolute Gasteiger partial charge is 0.481 e. The predicted octanol–water partition coefficient (Wildman–Crippen LogP) is 2.74. The number of nitrogens with one attached hydrogen (secondary N) is 1. The van der Waals surface area contributed by atoms with Crippen LogP contribution in [0.15, 0.2) is 14.1 Å². The molecule has 1 aliphatic carbocycles. The first-order valence-corrected chi connectivity index (χ1v) is 9.31. The van der Waals surface area contributed by atoms with Crippen LogP contribution in [-0.2, 0) is 14.8 Å². The summed E-state index contributed by atoms with van der Waals surface area (Å²) in [4.78, 5) is 10.9. The van der Waals surface area contributed by atoms with Crippen molar-refractivity contribution in [3.8, 4) is 0 Å². The van der Waals surface area contributed by atoms with Crippen LogP contribution in [0.4, 0.5) is 0 Å². The quantitative estimate of drug-likeness (QED) is 0.793. The van der Waals surface area contributed by atoms with Crippen molar-refractivity contribution in [3.63, 3.8) is 0 Å². The van der Waals surface area contributed by atoms with E-state index in [1.54, 1.807) is 6.07 Å². The lowest BCUT2D eigenvalue weighted by Gasteiger charge is -2.40. The van der Waals surface area contributed by atoms with E-state index >= 15 is 0 Å². The number of carbonyl (C=O) groups is 1. The number of aryl methyl sites for hydroxylation is 1. The van der Waals surface area contributed by atoms with Crippen LogP contribution in [0.25, 0.3) is 0 Å². The Kier molecular flexibility index (Phi) is 4.58. The highest BCUT2D eigenvalue weighted by atomic mass is 79.9. The van der Waals surface area contributed by atoms with Crippen molar-refractivity contribution in [3.05, 3.63) is 15.4 Å². The number of carboxylic acids is 1. The molecule has 2 N–H and O–H groups in total. The van der Waals surface area contributed by atoms with Gasteiger partial charge in [-0.3, -0.25) is 4.79 Å². The Bertz CT molecular complexity index is 600. The molecule has 1 heterocycles. The molecule has 1 fully saturated rings. The summed E-state index contributed by atoms with van der Waals surface area (Å²) in [6.45, 7) is 2.02. The molecule has 5 nitrogen and oxygen atoms in total. The molecule has 0 amide bonds. The molecule has 112 valence electrons. The van der Waals surface area contributed by atoms with E-state index in [1.807, 2.05) is 6.92 Å². The molecule has 0 spiro atoms. The maximum Gasteiger partial charge on any atom is 0.303 e. The summed E-state index contributed by atoms with van der Waals surface area (Å²) in [5.74, 6) is -0.876. The van der Waals surface area contributed by atoms with Gasteiger partial charge < -0.3 is 5.11 Å². The van der Waals surface area contributed by atoms with Crippen LogP contribution in [0.1, 0.15) is 31.2 Å². The van der Waals surface area contributed by atoms with Gasteiger partial charge in [-0.15, -0.1) is 11.3 Å². The minimum Gasteiger partial charge on any atom is -0.481 e. The molecule has 8 heteroatoms. The van der Waals surface area contributed by atoms with Gasteiger partial charge in [0.25, 0.3) is 0 Å². The standard InChI is InChI=1S/C12H16BrNO4S2/c1-8-5-10(19-11(8)13)20(17,18)14-7-12(3-2-4-12)6-9(15)16/h5,14H,2-4,6-7H2,1H3,(H,15,16). The number of aliphatic carboxylic acids is 1. The van der Waals surface area contributed by atoms with Crippen molar-refractivity contribution < 1.29 is 18.3 Å². The van der Waals surface area contributed by atoms with Gasteiger partial charge in [-0.25, -0.2) is 13.1 Å². The summed E-state index contributed by atoms with van der Waals surface area (Å²) >= 11 is 4.47. The topological polar surface area (TPSA) is 83.5 Å². The Morgan fingerprint density at radius 1 is 1.55 bits per heavy atom. The number of halogens is 1. The Hall–Kier alpha value is -0.440. The van der Waals surface area contributed by atoms with E-state index in [-0.39, 0.29) is 17.2 Å². The van der Waals surface area contributed by atoms with Crippen molar-refractivity contribution in [2.45, 2.75) is 36.8 Å². The molecular weight excluding hydrogens is 366 g/mol. The van der Waals surface area contributed by atoms with Gasteiger partial charge in [-0.1, -0.05) is 6.42 Å². The van der Waals surface area contributed by atoms with E-state index in [0.29, 0.717) is 0 Å². The molecular formula is C12H16BrNO4S2. The number of hydrogen-bond donors (Lipinski definition) is 2. The fraction of sp³-hybridized carbons (Fsp3) is 0.583. The van der Waals surface area contributed by atoms with Gasteiger partial charge in [0, 0.05) is 6.54 Å². The van der Waals surface area contributed by atoms with E-state index in [1.165, 1.54) is 0 Å². The predicted molar refractivity (Wildman–Crippen MR) is 80.5 cm³/mol. The third-order valence-electron chi connectivity index (χ3n) is 3.68. The Morgan fingerprint density at radius 3 is 2.60 bits per heavy atom. The van der Waals surface area contributed by atoms with Crippen LogP contribution in [0.3, 0.4) is 0 Å². The van der Waals surface area contributed by atoms with Crippen molar-refractivity contribution in [2.75, 3.05) is 6.54 Å². The Morgan fingerprint density at radius 2 is 2.20 bits per heavy atom. The zero-order valence-electron chi connectivity index (χ0n) is 11.0. The van der Waals surface area contributed by atoms with Crippen LogP contribution < -0.4 is 4.72 Å². The number of sulfonamides is 1. The van der Waals surface area contributed by atoms with Crippen LogP contribution in [0, 0.1) is 12.3 Å². The molecule has 1 aromatic heterocycles.